The first kappa shape index (κ1) is 30.1. The van der Waals surface area contributed by atoms with Crippen LogP contribution in [0.1, 0.15) is 22.8 Å². The number of methoxy groups -OCH3 is 1. The lowest BCUT2D eigenvalue weighted by Crippen LogP contribution is -2.30. The highest BCUT2D eigenvalue weighted by Gasteiger charge is 2.17. The monoisotopic (exact) mass is 601 g/mol. The molecule has 0 saturated carbocycles. The van der Waals surface area contributed by atoms with Crippen LogP contribution in [-0.4, -0.2) is 30.1 Å². The van der Waals surface area contributed by atoms with Gasteiger partial charge in [-0.2, -0.15) is 0 Å². The maximum atomic E-state index is 13.4. The van der Waals surface area contributed by atoms with Crippen LogP contribution in [0.25, 0.3) is 16.8 Å². The first-order valence-electron chi connectivity index (χ1n) is 14.0. The number of thioether (sulfide) groups is 1. The van der Waals surface area contributed by atoms with E-state index in [1.54, 1.807) is 61.7 Å². The summed E-state index contributed by atoms with van der Waals surface area (Å²) in [5, 5.41) is 10.4. The van der Waals surface area contributed by atoms with E-state index in [2.05, 4.69) is 16.0 Å². The van der Waals surface area contributed by atoms with Gasteiger partial charge in [0.25, 0.3) is 11.8 Å². The molecule has 3 N–H and O–H groups in total. The van der Waals surface area contributed by atoms with E-state index < -0.39 is 11.8 Å². The van der Waals surface area contributed by atoms with Crippen LogP contribution in [-0.2, 0) is 9.59 Å². The molecule has 0 bridgehead atoms. The zero-order valence-electron chi connectivity index (χ0n) is 24.2. The van der Waals surface area contributed by atoms with Crippen molar-refractivity contribution in [2.45, 2.75) is 17.1 Å². The summed E-state index contributed by atoms with van der Waals surface area (Å²) in [6, 6.07) is 36.9. The predicted molar refractivity (Wildman–Crippen MR) is 178 cm³/mol. The molecule has 7 nitrogen and oxygen atoms in total. The summed E-state index contributed by atoms with van der Waals surface area (Å²) in [4.78, 5) is 40.1. The molecule has 1 unspecified atom stereocenters. The van der Waals surface area contributed by atoms with Crippen molar-refractivity contribution in [2.75, 3.05) is 17.7 Å². The molecular weight excluding hydrogens is 570 g/mol. The van der Waals surface area contributed by atoms with Gasteiger partial charge in [-0.25, -0.2) is 0 Å². The van der Waals surface area contributed by atoms with Gasteiger partial charge in [-0.1, -0.05) is 66.7 Å². The van der Waals surface area contributed by atoms with Gasteiger partial charge in [-0.05, 0) is 78.4 Å². The van der Waals surface area contributed by atoms with Crippen LogP contribution in [0, 0.1) is 0 Å². The molecule has 0 spiro atoms. The number of amides is 3. The summed E-state index contributed by atoms with van der Waals surface area (Å²) in [5.74, 6) is -0.455. The Morgan fingerprint density at radius 3 is 2.14 bits per heavy atom. The summed E-state index contributed by atoms with van der Waals surface area (Å²) < 4.78 is 5.43. The molecule has 220 valence electrons. The van der Waals surface area contributed by atoms with Crippen molar-refractivity contribution in [3.63, 3.8) is 0 Å². The number of ether oxygens (including phenoxy) is 1. The molecule has 0 heterocycles. The van der Waals surface area contributed by atoms with Crippen LogP contribution >= 0.6 is 11.8 Å². The van der Waals surface area contributed by atoms with Gasteiger partial charge >= 0.3 is 0 Å². The topological polar surface area (TPSA) is 96.5 Å². The average Bonchev–Trinajstić information content (AvgIpc) is 3.05. The second kappa shape index (κ2) is 14.2. The summed E-state index contributed by atoms with van der Waals surface area (Å²) in [5.41, 5.74) is 2.39. The van der Waals surface area contributed by atoms with Gasteiger partial charge in [0, 0.05) is 27.4 Å². The zero-order valence-corrected chi connectivity index (χ0v) is 25.1. The fraction of sp³-hybridized carbons (Fsp3) is 0.0833. The van der Waals surface area contributed by atoms with Crippen molar-refractivity contribution in [1.29, 1.82) is 0 Å². The molecule has 5 aromatic rings. The highest BCUT2D eigenvalue weighted by Crippen LogP contribution is 2.27. The number of rotatable bonds is 10. The lowest BCUT2D eigenvalue weighted by atomic mass is 10.1. The quantitative estimate of drug-likeness (QED) is 0.115. The van der Waals surface area contributed by atoms with E-state index in [1.807, 2.05) is 79.7 Å². The van der Waals surface area contributed by atoms with Crippen molar-refractivity contribution in [2.24, 2.45) is 0 Å². The molecule has 5 rings (SSSR count). The molecule has 0 aliphatic rings. The number of hydrogen-bond donors (Lipinski definition) is 3. The Kier molecular flexibility index (Phi) is 9.74. The number of anilines is 2. The molecule has 3 amide bonds. The van der Waals surface area contributed by atoms with Gasteiger partial charge in [0.05, 0.1) is 12.4 Å². The van der Waals surface area contributed by atoms with Crippen LogP contribution in [0.15, 0.2) is 132 Å². The second-order valence-electron chi connectivity index (χ2n) is 9.91. The fourth-order valence-corrected chi connectivity index (χ4v) is 5.33. The molecule has 0 saturated heterocycles. The Morgan fingerprint density at radius 2 is 1.39 bits per heavy atom. The van der Waals surface area contributed by atoms with Crippen molar-refractivity contribution >= 4 is 57.7 Å². The van der Waals surface area contributed by atoms with Crippen LogP contribution < -0.4 is 20.7 Å². The van der Waals surface area contributed by atoms with Crippen molar-refractivity contribution < 1.29 is 19.1 Å². The van der Waals surface area contributed by atoms with E-state index in [0.717, 1.165) is 21.4 Å². The van der Waals surface area contributed by atoms with Gasteiger partial charge in [0.1, 0.15) is 11.4 Å². The summed E-state index contributed by atoms with van der Waals surface area (Å²) in [6.07, 6.45) is 1.58. The highest BCUT2D eigenvalue weighted by atomic mass is 32.2. The summed E-state index contributed by atoms with van der Waals surface area (Å²) in [6.45, 7) is 1.85. The van der Waals surface area contributed by atoms with Gasteiger partial charge in [-0.3, -0.25) is 14.4 Å². The predicted octanol–water partition coefficient (Wildman–Crippen LogP) is 7.38. The molecule has 0 aromatic heterocycles. The SMILES string of the molecule is COc1ccccc1/C=C(\NC(=O)c1ccccc1)C(=O)Nc1ccc(SC(C)C(=O)Nc2ccc3ccccc3c2)cc1. The number of hydrogen-bond acceptors (Lipinski definition) is 5. The molecule has 5 aromatic carbocycles. The number of nitrogens with one attached hydrogen (secondary N) is 3. The molecule has 0 aliphatic carbocycles. The van der Waals surface area contributed by atoms with E-state index in [-0.39, 0.29) is 16.9 Å². The third kappa shape index (κ3) is 7.73. The van der Waals surface area contributed by atoms with Crippen molar-refractivity contribution in [3.8, 4) is 5.75 Å². The number of fused-ring (bicyclic) bond motifs is 1. The van der Waals surface area contributed by atoms with Crippen LogP contribution in [0.2, 0.25) is 0 Å². The largest absolute Gasteiger partial charge is 0.496 e. The number of para-hydroxylation sites is 1. The second-order valence-corrected chi connectivity index (χ2v) is 11.3. The van der Waals surface area contributed by atoms with E-state index in [4.69, 9.17) is 4.74 Å². The zero-order chi connectivity index (χ0) is 30.9. The molecule has 0 fully saturated rings. The van der Waals surface area contributed by atoms with E-state index in [9.17, 15) is 14.4 Å². The Morgan fingerprint density at radius 1 is 0.727 bits per heavy atom. The van der Waals surface area contributed by atoms with E-state index >= 15 is 0 Å². The molecule has 0 aliphatic heterocycles. The van der Waals surface area contributed by atoms with Crippen LogP contribution in [0.5, 0.6) is 5.75 Å². The average molecular weight is 602 g/mol. The maximum Gasteiger partial charge on any atom is 0.272 e. The highest BCUT2D eigenvalue weighted by molar-refractivity contribution is 8.00. The van der Waals surface area contributed by atoms with Crippen molar-refractivity contribution in [3.05, 3.63) is 138 Å². The molecule has 8 heteroatoms. The Labute approximate surface area is 260 Å². The molecule has 44 heavy (non-hydrogen) atoms. The van der Waals surface area contributed by atoms with Crippen molar-refractivity contribution in [1.82, 2.24) is 5.32 Å². The summed E-state index contributed by atoms with van der Waals surface area (Å²) >= 11 is 1.41. The van der Waals surface area contributed by atoms with Gasteiger partial charge in [0.2, 0.25) is 5.91 Å². The fourth-order valence-electron chi connectivity index (χ4n) is 4.47. The lowest BCUT2D eigenvalue weighted by molar-refractivity contribution is -0.115. The van der Waals surface area contributed by atoms with Gasteiger partial charge < -0.3 is 20.7 Å². The first-order chi connectivity index (χ1) is 21.4. The minimum atomic E-state index is -0.497. The molecule has 0 radical (unpaired) electrons. The van der Waals surface area contributed by atoms with Crippen LogP contribution in [0.4, 0.5) is 11.4 Å². The molecular formula is C36H31N3O4S. The number of carbonyl (C=O) groups excluding carboxylic acids is 3. The lowest BCUT2D eigenvalue weighted by Gasteiger charge is -2.14. The standard InChI is InChI=1S/C36H31N3O4S/c1-24(34(40)38-30-17-16-25-10-6-7-13-27(25)22-30)44-31-20-18-29(19-21-31)37-36(42)32(23-28-14-8-9-15-33(28)43-2)39-35(41)26-11-4-3-5-12-26/h3-24H,1-2H3,(H,37,42)(H,38,40)(H,39,41)/b32-23-. The summed E-state index contributed by atoms with van der Waals surface area (Å²) in [7, 11) is 1.54. The van der Waals surface area contributed by atoms with E-state index in [1.165, 1.54) is 11.8 Å². The number of carbonyl (C=O) groups is 3. The number of benzene rings is 5. The van der Waals surface area contributed by atoms with Crippen LogP contribution in [0.3, 0.4) is 0 Å². The third-order valence-corrected chi connectivity index (χ3v) is 7.89. The Bertz CT molecular complexity index is 1820. The maximum absolute atomic E-state index is 13.4. The Hall–Kier alpha value is -5.34. The minimum Gasteiger partial charge on any atom is -0.496 e. The first-order valence-corrected chi connectivity index (χ1v) is 14.9. The molecule has 1 atom stereocenters. The van der Waals surface area contributed by atoms with Gasteiger partial charge in [-0.15, -0.1) is 11.8 Å². The minimum absolute atomic E-state index is 0.0563. The smallest absolute Gasteiger partial charge is 0.272 e. The third-order valence-electron chi connectivity index (χ3n) is 6.78. The normalized spacial score (nSPS) is 11.8. The van der Waals surface area contributed by atoms with Gasteiger partial charge in [0.15, 0.2) is 0 Å². The Balaban J connectivity index is 1.25. The van der Waals surface area contributed by atoms with E-state index in [0.29, 0.717) is 22.6 Å².